The Hall–Kier alpha value is -2.53. The number of nitrogens with zero attached hydrogens (tertiary/aromatic N) is 1. The van der Waals surface area contributed by atoms with Gasteiger partial charge in [-0.2, -0.15) is 0 Å². The van der Waals surface area contributed by atoms with Crippen molar-refractivity contribution in [3.8, 4) is 11.5 Å². The van der Waals surface area contributed by atoms with Crippen molar-refractivity contribution in [1.82, 2.24) is 4.90 Å². The van der Waals surface area contributed by atoms with Crippen LogP contribution in [-0.4, -0.2) is 35.9 Å². The Morgan fingerprint density at radius 1 is 1.15 bits per heavy atom. The van der Waals surface area contributed by atoms with E-state index in [9.17, 15) is 9.90 Å². The van der Waals surface area contributed by atoms with Gasteiger partial charge in [-0.3, -0.25) is 9.69 Å². The van der Waals surface area contributed by atoms with Crippen LogP contribution >= 0.6 is 0 Å². The van der Waals surface area contributed by atoms with Gasteiger partial charge in [-0.05, 0) is 62.1 Å². The molecular weight excluding hydrogens is 342 g/mol. The summed E-state index contributed by atoms with van der Waals surface area (Å²) in [7, 11) is 0. The topological polar surface area (TPSA) is 59.0 Å². The Kier molecular flexibility index (Phi) is 4.79. The number of carboxylic acid groups (broad SMARTS) is 1. The normalized spacial score (nSPS) is 20.4. The third-order valence-corrected chi connectivity index (χ3v) is 5.61. The average Bonchev–Trinajstić information content (AvgIpc) is 3.13. The van der Waals surface area contributed by atoms with Crippen molar-refractivity contribution < 1.29 is 19.4 Å². The average molecular weight is 367 g/mol. The Labute approximate surface area is 159 Å². The molecule has 1 saturated heterocycles. The van der Waals surface area contributed by atoms with Crippen molar-refractivity contribution in [3.63, 3.8) is 0 Å². The lowest BCUT2D eigenvalue weighted by Crippen LogP contribution is -2.41. The molecule has 2 atom stereocenters. The molecule has 0 bridgehead atoms. The van der Waals surface area contributed by atoms with Crippen molar-refractivity contribution in [1.29, 1.82) is 0 Å². The van der Waals surface area contributed by atoms with Gasteiger partial charge in [-0.1, -0.05) is 29.8 Å². The smallest absolute Gasteiger partial charge is 0.307 e. The number of aliphatic carboxylic acids is 1. The third-order valence-electron chi connectivity index (χ3n) is 5.61. The molecule has 1 N–H and O–H groups in total. The first-order chi connectivity index (χ1) is 13.0. The van der Waals surface area contributed by atoms with Gasteiger partial charge in [0.25, 0.3) is 0 Å². The molecular formula is C22H25NO4. The van der Waals surface area contributed by atoms with Crippen LogP contribution in [0, 0.1) is 19.8 Å². The molecule has 5 heteroatoms. The highest BCUT2D eigenvalue weighted by Gasteiger charge is 2.32. The van der Waals surface area contributed by atoms with Gasteiger partial charge in [-0.15, -0.1) is 0 Å². The summed E-state index contributed by atoms with van der Waals surface area (Å²) in [6.45, 7) is 5.90. The van der Waals surface area contributed by atoms with E-state index in [0.29, 0.717) is 6.54 Å². The zero-order valence-corrected chi connectivity index (χ0v) is 15.8. The number of aryl methyl sites for hydroxylation is 2. The molecule has 142 valence electrons. The van der Waals surface area contributed by atoms with E-state index in [2.05, 4.69) is 43.0 Å². The summed E-state index contributed by atoms with van der Waals surface area (Å²) < 4.78 is 11.1. The molecule has 0 amide bonds. The monoisotopic (exact) mass is 367 g/mol. The Bertz CT molecular complexity index is 863. The second kappa shape index (κ2) is 7.24. The summed E-state index contributed by atoms with van der Waals surface area (Å²) in [5.41, 5.74) is 4.74. The van der Waals surface area contributed by atoms with Crippen molar-refractivity contribution >= 4 is 5.97 Å². The number of carbonyl (C=O) groups is 1. The first kappa shape index (κ1) is 17.9. The van der Waals surface area contributed by atoms with Crippen LogP contribution in [0.15, 0.2) is 36.4 Å². The maximum atomic E-state index is 11.6. The predicted molar refractivity (Wildman–Crippen MR) is 102 cm³/mol. The maximum absolute atomic E-state index is 11.6. The van der Waals surface area contributed by atoms with Crippen LogP contribution in [0.4, 0.5) is 0 Å². The number of benzene rings is 2. The highest BCUT2D eigenvalue weighted by Crippen LogP contribution is 2.40. The van der Waals surface area contributed by atoms with Gasteiger partial charge in [0.1, 0.15) is 0 Å². The summed E-state index contributed by atoms with van der Waals surface area (Å²) >= 11 is 0. The summed E-state index contributed by atoms with van der Waals surface area (Å²) in [6.07, 6.45) is 1.63. The number of ether oxygens (including phenoxy) is 2. The number of piperidine rings is 1. The van der Waals surface area contributed by atoms with E-state index >= 15 is 0 Å². The van der Waals surface area contributed by atoms with Gasteiger partial charge in [0.2, 0.25) is 6.79 Å². The van der Waals surface area contributed by atoms with Crippen LogP contribution in [0.2, 0.25) is 0 Å². The quantitative estimate of drug-likeness (QED) is 0.888. The highest BCUT2D eigenvalue weighted by atomic mass is 16.7. The molecule has 2 aliphatic heterocycles. The molecule has 2 aliphatic rings. The van der Waals surface area contributed by atoms with Gasteiger partial charge in [0.15, 0.2) is 11.5 Å². The van der Waals surface area contributed by atoms with Crippen molar-refractivity contribution in [3.05, 3.63) is 58.7 Å². The van der Waals surface area contributed by atoms with E-state index < -0.39 is 5.97 Å². The first-order valence-corrected chi connectivity index (χ1v) is 9.46. The molecule has 0 aromatic heterocycles. The minimum atomic E-state index is -0.704. The molecule has 0 spiro atoms. The number of hydrogen-bond donors (Lipinski definition) is 1. The molecule has 1 fully saturated rings. The predicted octanol–water partition coefficient (Wildman–Crippen LogP) is 3.92. The molecule has 0 aliphatic carbocycles. The van der Waals surface area contributed by atoms with E-state index in [4.69, 9.17) is 9.47 Å². The summed E-state index contributed by atoms with van der Waals surface area (Å²) in [6, 6.07) is 12.5. The van der Waals surface area contributed by atoms with Crippen LogP contribution in [-0.2, 0) is 4.79 Å². The van der Waals surface area contributed by atoms with Gasteiger partial charge < -0.3 is 14.6 Å². The fourth-order valence-corrected chi connectivity index (χ4v) is 4.17. The van der Waals surface area contributed by atoms with Gasteiger partial charge >= 0.3 is 5.97 Å². The second-order valence-corrected chi connectivity index (χ2v) is 7.55. The molecule has 2 heterocycles. The number of carboxylic acids is 1. The number of rotatable bonds is 4. The molecule has 0 radical (unpaired) electrons. The van der Waals surface area contributed by atoms with Gasteiger partial charge in [-0.25, -0.2) is 0 Å². The zero-order chi connectivity index (χ0) is 19.0. The highest BCUT2D eigenvalue weighted by molar-refractivity contribution is 5.70. The Morgan fingerprint density at radius 2 is 1.96 bits per heavy atom. The van der Waals surface area contributed by atoms with Crippen LogP contribution in [0.1, 0.15) is 41.1 Å². The van der Waals surface area contributed by atoms with Crippen LogP contribution < -0.4 is 9.47 Å². The lowest BCUT2D eigenvalue weighted by molar-refractivity contribution is -0.143. The first-order valence-electron chi connectivity index (χ1n) is 9.46. The maximum Gasteiger partial charge on any atom is 0.307 e. The van der Waals surface area contributed by atoms with E-state index in [-0.39, 0.29) is 18.8 Å². The summed E-state index contributed by atoms with van der Waals surface area (Å²) in [5, 5.41) is 9.54. The number of fused-ring (bicyclic) bond motifs is 1. The SMILES string of the molecule is Cc1ccc(C)c(C(c2ccc3c(c2)OCO3)N2CCCC(C(=O)O)C2)c1. The van der Waals surface area contributed by atoms with E-state index in [1.54, 1.807) is 0 Å². The lowest BCUT2D eigenvalue weighted by Gasteiger charge is -2.38. The third kappa shape index (κ3) is 3.52. The lowest BCUT2D eigenvalue weighted by atomic mass is 9.88. The molecule has 4 rings (SSSR count). The molecule has 2 unspecified atom stereocenters. The van der Waals surface area contributed by atoms with Crippen LogP contribution in [0.25, 0.3) is 0 Å². The van der Waals surface area contributed by atoms with E-state index in [1.807, 2.05) is 12.1 Å². The minimum Gasteiger partial charge on any atom is -0.481 e. The number of hydrogen-bond acceptors (Lipinski definition) is 4. The van der Waals surface area contributed by atoms with E-state index in [0.717, 1.165) is 36.4 Å². The molecule has 2 aromatic rings. The summed E-state index contributed by atoms with van der Waals surface area (Å²) in [4.78, 5) is 13.9. The largest absolute Gasteiger partial charge is 0.481 e. The number of likely N-dealkylation sites (tertiary alicyclic amines) is 1. The van der Waals surface area contributed by atoms with Crippen molar-refractivity contribution in [2.45, 2.75) is 32.7 Å². The fourth-order valence-electron chi connectivity index (χ4n) is 4.17. The van der Waals surface area contributed by atoms with Crippen molar-refractivity contribution in [2.75, 3.05) is 19.9 Å². The van der Waals surface area contributed by atoms with Crippen LogP contribution in [0.3, 0.4) is 0 Å². The molecule has 27 heavy (non-hydrogen) atoms. The molecule has 5 nitrogen and oxygen atoms in total. The van der Waals surface area contributed by atoms with Crippen molar-refractivity contribution in [2.24, 2.45) is 5.92 Å². The fraction of sp³-hybridized carbons (Fsp3) is 0.409. The second-order valence-electron chi connectivity index (χ2n) is 7.55. The standard InChI is InChI=1S/C22H25NO4/c1-14-5-6-15(2)18(10-14)21(23-9-3-4-17(12-23)22(24)25)16-7-8-19-20(11-16)27-13-26-19/h5-8,10-11,17,21H,3-4,9,12-13H2,1-2H3,(H,24,25). The summed E-state index contributed by atoms with van der Waals surface area (Å²) in [5.74, 6) is 0.501. The molecule has 0 saturated carbocycles. The van der Waals surface area contributed by atoms with E-state index in [1.165, 1.54) is 16.7 Å². The minimum absolute atomic E-state index is 0.00144. The van der Waals surface area contributed by atoms with Crippen LogP contribution in [0.5, 0.6) is 11.5 Å². The Balaban J connectivity index is 1.77. The zero-order valence-electron chi connectivity index (χ0n) is 15.8. The Morgan fingerprint density at radius 3 is 2.78 bits per heavy atom. The van der Waals surface area contributed by atoms with Gasteiger partial charge in [0.05, 0.1) is 12.0 Å². The molecule has 2 aromatic carbocycles. The van der Waals surface area contributed by atoms with Gasteiger partial charge in [0, 0.05) is 6.54 Å².